The third-order valence-electron chi connectivity index (χ3n) is 3.35. The van der Waals surface area contributed by atoms with E-state index in [2.05, 4.69) is 19.4 Å². The van der Waals surface area contributed by atoms with E-state index in [1.165, 1.54) is 37.4 Å². The molecule has 1 atom stereocenters. The second-order valence-electron chi connectivity index (χ2n) is 5.32. The largest absolute Gasteiger partial charge is 0.469 e. The summed E-state index contributed by atoms with van der Waals surface area (Å²) in [7, 11) is 1.23. The number of thioether (sulfide) groups is 1. The van der Waals surface area contributed by atoms with Gasteiger partial charge in [-0.2, -0.15) is 8.78 Å². The number of ether oxygens (including phenoxy) is 2. The van der Waals surface area contributed by atoms with Gasteiger partial charge in [0.25, 0.3) is 5.56 Å². The first-order chi connectivity index (χ1) is 12.8. The summed E-state index contributed by atoms with van der Waals surface area (Å²) in [5, 5.41) is -0.441. The minimum absolute atomic E-state index is 0.0524. The Morgan fingerprint density at radius 3 is 2.52 bits per heavy atom. The molecule has 0 amide bonds. The van der Waals surface area contributed by atoms with Crippen molar-refractivity contribution in [2.24, 2.45) is 0 Å². The van der Waals surface area contributed by atoms with E-state index in [0.717, 1.165) is 11.8 Å². The number of halogens is 2. The predicted molar refractivity (Wildman–Crippen MR) is 93.3 cm³/mol. The van der Waals surface area contributed by atoms with Crippen LogP contribution in [-0.4, -0.2) is 40.7 Å². The molecular weight excluding hydrogens is 382 g/mol. The van der Waals surface area contributed by atoms with Crippen molar-refractivity contribution >= 4 is 23.5 Å². The number of alkyl halides is 2. The average molecular weight is 398 g/mol. The highest BCUT2D eigenvalue weighted by Crippen LogP contribution is 2.23. The molecule has 10 heteroatoms. The Kier molecular flexibility index (Phi) is 7.05. The van der Waals surface area contributed by atoms with Crippen molar-refractivity contribution in [1.29, 1.82) is 0 Å². The lowest BCUT2D eigenvalue weighted by molar-refractivity contribution is -0.139. The van der Waals surface area contributed by atoms with Gasteiger partial charge >= 0.3 is 12.6 Å². The third kappa shape index (κ3) is 6.17. The SMILES string of the molecule is COC(=O)Cc1cc(=O)[nH]c(S[C@@H](C)C(=O)c2ccc(OC(F)F)cc2)n1. The van der Waals surface area contributed by atoms with Crippen LogP contribution in [-0.2, 0) is 16.0 Å². The normalized spacial score (nSPS) is 11.9. The van der Waals surface area contributed by atoms with Crippen molar-refractivity contribution in [1.82, 2.24) is 9.97 Å². The van der Waals surface area contributed by atoms with Gasteiger partial charge in [0, 0.05) is 11.6 Å². The Labute approximate surface area is 157 Å². The van der Waals surface area contributed by atoms with E-state index in [0.29, 0.717) is 5.56 Å². The number of Topliss-reactive ketones (excluding diaryl/α,β-unsaturated/α-hetero) is 1. The molecule has 1 aromatic heterocycles. The zero-order valence-electron chi connectivity index (χ0n) is 14.4. The highest BCUT2D eigenvalue weighted by Gasteiger charge is 2.19. The molecule has 2 aromatic rings. The lowest BCUT2D eigenvalue weighted by atomic mass is 10.1. The van der Waals surface area contributed by atoms with Gasteiger partial charge < -0.3 is 14.5 Å². The molecule has 0 bridgehead atoms. The van der Waals surface area contributed by atoms with Gasteiger partial charge in [0.2, 0.25) is 0 Å². The molecule has 0 aliphatic rings. The van der Waals surface area contributed by atoms with Crippen LogP contribution < -0.4 is 10.3 Å². The lowest BCUT2D eigenvalue weighted by Crippen LogP contribution is -2.17. The maximum Gasteiger partial charge on any atom is 0.387 e. The lowest BCUT2D eigenvalue weighted by Gasteiger charge is -2.11. The number of benzene rings is 1. The molecule has 1 heterocycles. The number of hydrogen-bond acceptors (Lipinski definition) is 7. The van der Waals surface area contributed by atoms with Crippen molar-refractivity contribution in [2.75, 3.05) is 7.11 Å². The number of nitrogens with one attached hydrogen (secondary N) is 1. The summed E-state index contributed by atoms with van der Waals surface area (Å²) in [6.45, 7) is -1.33. The van der Waals surface area contributed by atoms with Gasteiger partial charge in [-0.25, -0.2) is 4.98 Å². The number of aromatic amines is 1. The van der Waals surface area contributed by atoms with E-state index in [1.54, 1.807) is 6.92 Å². The number of esters is 1. The minimum Gasteiger partial charge on any atom is -0.469 e. The fourth-order valence-corrected chi connectivity index (χ4v) is 3.01. The number of carbonyl (C=O) groups excluding carboxylic acids is 2. The topological polar surface area (TPSA) is 98.4 Å². The second kappa shape index (κ2) is 9.26. The van der Waals surface area contributed by atoms with E-state index in [9.17, 15) is 23.2 Å². The van der Waals surface area contributed by atoms with E-state index in [1.807, 2.05) is 0 Å². The molecule has 0 spiro atoms. The summed E-state index contributed by atoms with van der Waals surface area (Å²) in [6.07, 6.45) is -0.165. The smallest absolute Gasteiger partial charge is 0.387 e. The first kappa shape index (κ1) is 20.6. The Balaban J connectivity index is 2.09. The zero-order valence-corrected chi connectivity index (χ0v) is 15.2. The molecule has 27 heavy (non-hydrogen) atoms. The summed E-state index contributed by atoms with van der Waals surface area (Å²) >= 11 is 1.00. The van der Waals surface area contributed by atoms with Crippen molar-refractivity contribution in [3.8, 4) is 5.75 Å². The van der Waals surface area contributed by atoms with Crippen LogP contribution in [0.15, 0.2) is 40.3 Å². The van der Waals surface area contributed by atoms with Gasteiger partial charge in [0.05, 0.1) is 24.5 Å². The van der Waals surface area contributed by atoms with Crippen LogP contribution in [0.4, 0.5) is 8.78 Å². The van der Waals surface area contributed by atoms with Gasteiger partial charge in [0.1, 0.15) is 5.75 Å². The standard InChI is InChI=1S/C17H16F2N2O5S/c1-9(15(24)10-3-5-12(6-4-10)26-16(18)19)27-17-20-11(7-13(22)21-17)8-14(23)25-2/h3-7,9,16H,8H2,1-2H3,(H,20,21,22)/t9-/m0/s1. The first-order valence-corrected chi connectivity index (χ1v) is 8.59. The molecule has 0 fully saturated rings. The van der Waals surface area contributed by atoms with Crippen LogP contribution in [0, 0.1) is 0 Å². The Hall–Kier alpha value is -2.75. The molecule has 0 unspecified atom stereocenters. The molecule has 2 rings (SSSR count). The maximum atomic E-state index is 12.5. The van der Waals surface area contributed by atoms with Crippen LogP contribution in [0.2, 0.25) is 0 Å². The Morgan fingerprint density at radius 2 is 1.93 bits per heavy atom. The van der Waals surface area contributed by atoms with E-state index in [-0.39, 0.29) is 28.8 Å². The van der Waals surface area contributed by atoms with Gasteiger partial charge in [-0.15, -0.1) is 0 Å². The van der Waals surface area contributed by atoms with Crippen molar-refractivity contribution < 1.29 is 27.8 Å². The number of methoxy groups -OCH3 is 1. The van der Waals surface area contributed by atoms with Crippen molar-refractivity contribution in [3.05, 3.63) is 51.9 Å². The number of ketones is 1. The molecule has 0 saturated carbocycles. The number of nitrogens with zero attached hydrogens (tertiary/aromatic N) is 1. The van der Waals surface area contributed by atoms with Crippen LogP contribution >= 0.6 is 11.8 Å². The van der Waals surface area contributed by atoms with Gasteiger partial charge in [0.15, 0.2) is 10.9 Å². The number of hydrogen-bond donors (Lipinski definition) is 1. The summed E-state index contributed by atoms with van der Waals surface area (Å²) in [5.41, 5.74) is 0.0606. The number of H-pyrrole nitrogens is 1. The van der Waals surface area contributed by atoms with Crippen molar-refractivity contribution in [2.45, 2.75) is 30.4 Å². The highest BCUT2D eigenvalue weighted by molar-refractivity contribution is 8.00. The highest BCUT2D eigenvalue weighted by atomic mass is 32.2. The molecule has 0 radical (unpaired) electrons. The number of carbonyl (C=O) groups is 2. The predicted octanol–water partition coefficient (Wildman–Crippen LogP) is 2.45. The zero-order chi connectivity index (χ0) is 20.0. The average Bonchev–Trinajstić information content (AvgIpc) is 2.60. The summed E-state index contributed by atoms with van der Waals surface area (Å²) in [6, 6.07) is 6.47. The van der Waals surface area contributed by atoms with Gasteiger partial charge in [-0.1, -0.05) is 11.8 Å². The molecule has 0 aliphatic carbocycles. The fourth-order valence-electron chi connectivity index (χ4n) is 2.11. The molecule has 0 aliphatic heterocycles. The van der Waals surface area contributed by atoms with Crippen LogP contribution in [0.1, 0.15) is 23.0 Å². The summed E-state index contributed by atoms with van der Waals surface area (Å²) < 4.78 is 33.1. The molecule has 1 aromatic carbocycles. The van der Waals surface area contributed by atoms with Crippen LogP contribution in [0.3, 0.4) is 0 Å². The minimum atomic E-state index is -2.94. The molecule has 1 N–H and O–H groups in total. The third-order valence-corrected chi connectivity index (χ3v) is 4.33. The van der Waals surface area contributed by atoms with E-state index in [4.69, 9.17) is 0 Å². The van der Waals surface area contributed by atoms with Gasteiger partial charge in [-0.05, 0) is 31.2 Å². The van der Waals surface area contributed by atoms with Crippen LogP contribution in [0.25, 0.3) is 0 Å². The van der Waals surface area contributed by atoms with Crippen LogP contribution in [0.5, 0.6) is 5.75 Å². The van der Waals surface area contributed by atoms with Crippen molar-refractivity contribution in [3.63, 3.8) is 0 Å². The molecule has 144 valence electrons. The monoisotopic (exact) mass is 398 g/mol. The van der Waals surface area contributed by atoms with E-state index >= 15 is 0 Å². The van der Waals surface area contributed by atoms with Gasteiger partial charge in [-0.3, -0.25) is 14.4 Å². The second-order valence-corrected chi connectivity index (χ2v) is 6.65. The number of aromatic nitrogens is 2. The molecule has 0 saturated heterocycles. The maximum absolute atomic E-state index is 12.5. The quantitative estimate of drug-likeness (QED) is 0.316. The fraction of sp³-hybridized carbons (Fsp3) is 0.294. The first-order valence-electron chi connectivity index (χ1n) is 7.71. The Bertz CT molecular complexity index is 870. The molecule has 7 nitrogen and oxygen atoms in total. The molecular formula is C17H16F2N2O5S. The van der Waals surface area contributed by atoms with E-state index < -0.39 is 23.4 Å². The summed E-state index contributed by atoms with van der Waals surface area (Å²) in [5.74, 6) is -0.882. The Morgan fingerprint density at radius 1 is 1.26 bits per heavy atom. The summed E-state index contributed by atoms with van der Waals surface area (Å²) in [4.78, 5) is 42.1. The number of rotatable bonds is 8.